The number of hydrogen-bond donors (Lipinski definition) is 3. The smallest absolute Gasteiger partial charge is 0.0131 e. The first-order valence-corrected chi connectivity index (χ1v) is 12.2. The van der Waals surface area contributed by atoms with Gasteiger partial charge in [0, 0.05) is 31.2 Å². The summed E-state index contributed by atoms with van der Waals surface area (Å²) in [4.78, 5) is 0. The molecular formula is C23H44N4. The third-order valence-electron chi connectivity index (χ3n) is 8.74. The zero-order valence-electron chi connectivity index (χ0n) is 17.5. The van der Waals surface area contributed by atoms with Crippen LogP contribution >= 0.6 is 0 Å². The van der Waals surface area contributed by atoms with Gasteiger partial charge in [0.15, 0.2) is 0 Å². The highest BCUT2D eigenvalue weighted by atomic mass is 15.4. The fourth-order valence-electron chi connectivity index (χ4n) is 6.86. The Bertz CT molecular complexity index is 384. The van der Waals surface area contributed by atoms with Gasteiger partial charge >= 0.3 is 0 Å². The summed E-state index contributed by atoms with van der Waals surface area (Å²) >= 11 is 0. The number of piperidine rings is 1. The second-order valence-electron chi connectivity index (χ2n) is 10.4. The molecule has 4 nitrogen and oxygen atoms in total. The minimum Gasteiger partial charge on any atom is -0.328 e. The number of nitrogens with zero attached hydrogens (tertiary/aromatic N) is 1. The quantitative estimate of drug-likeness (QED) is 0.653. The zero-order valence-corrected chi connectivity index (χ0v) is 17.5. The first-order valence-electron chi connectivity index (χ1n) is 12.2. The van der Waals surface area contributed by atoms with Crippen molar-refractivity contribution in [2.75, 3.05) is 13.1 Å². The van der Waals surface area contributed by atoms with Crippen LogP contribution < -0.4 is 16.9 Å². The van der Waals surface area contributed by atoms with E-state index in [4.69, 9.17) is 11.6 Å². The van der Waals surface area contributed by atoms with Crippen LogP contribution in [-0.2, 0) is 0 Å². The molecule has 3 aliphatic carbocycles. The minimum absolute atomic E-state index is 0.497. The van der Waals surface area contributed by atoms with E-state index in [1.807, 2.05) is 5.01 Å². The molecule has 27 heavy (non-hydrogen) atoms. The largest absolute Gasteiger partial charge is 0.328 e. The van der Waals surface area contributed by atoms with Crippen molar-refractivity contribution < 1.29 is 0 Å². The van der Waals surface area contributed by atoms with Crippen LogP contribution in [0.3, 0.4) is 0 Å². The van der Waals surface area contributed by atoms with Gasteiger partial charge < -0.3 is 11.1 Å². The van der Waals surface area contributed by atoms with Crippen molar-refractivity contribution in [1.29, 1.82) is 0 Å². The average Bonchev–Trinajstić information content (AvgIpc) is 2.71. The van der Waals surface area contributed by atoms with Crippen LogP contribution in [0.2, 0.25) is 0 Å². The van der Waals surface area contributed by atoms with Crippen LogP contribution in [0.5, 0.6) is 0 Å². The molecule has 0 aromatic carbocycles. The summed E-state index contributed by atoms with van der Waals surface area (Å²) in [6, 6.07) is 2.09. The average molecular weight is 377 g/mol. The molecule has 4 fully saturated rings. The topological polar surface area (TPSA) is 67.3 Å². The van der Waals surface area contributed by atoms with Crippen molar-refractivity contribution in [3.05, 3.63) is 0 Å². The predicted octanol–water partition coefficient (Wildman–Crippen LogP) is 3.80. The maximum Gasteiger partial charge on any atom is 0.0131 e. The fraction of sp³-hybridized carbons (Fsp3) is 1.00. The molecule has 4 aliphatic rings. The Morgan fingerprint density at radius 2 is 0.889 bits per heavy atom. The van der Waals surface area contributed by atoms with Gasteiger partial charge in [0.2, 0.25) is 0 Å². The number of hydrogen-bond acceptors (Lipinski definition) is 4. The maximum atomic E-state index is 6.10. The molecule has 3 saturated carbocycles. The molecule has 4 rings (SSSR count). The lowest BCUT2D eigenvalue weighted by Crippen LogP contribution is -2.45. The van der Waals surface area contributed by atoms with E-state index in [2.05, 4.69) is 5.32 Å². The molecule has 0 bridgehead atoms. The van der Waals surface area contributed by atoms with Crippen molar-refractivity contribution in [3.63, 3.8) is 0 Å². The SMILES string of the molecule is NC1CCC(C2CCC(NC3CCC(C4CCN(N)CC4)CC3)CC2)CC1. The van der Waals surface area contributed by atoms with Crippen molar-refractivity contribution in [2.45, 2.75) is 108 Å². The summed E-state index contributed by atoms with van der Waals surface area (Å²) in [5.74, 6) is 9.85. The number of nitrogens with one attached hydrogen (secondary N) is 1. The van der Waals surface area contributed by atoms with Gasteiger partial charge in [-0.3, -0.25) is 5.84 Å². The number of rotatable bonds is 4. The molecule has 1 heterocycles. The molecule has 0 aromatic heterocycles. The highest BCUT2D eigenvalue weighted by Crippen LogP contribution is 2.39. The molecule has 0 aromatic rings. The van der Waals surface area contributed by atoms with E-state index < -0.39 is 0 Å². The lowest BCUT2D eigenvalue weighted by molar-refractivity contribution is 0.115. The van der Waals surface area contributed by atoms with E-state index in [0.29, 0.717) is 6.04 Å². The van der Waals surface area contributed by atoms with Gasteiger partial charge in [0.25, 0.3) is 0 Å². The van der Waals surface area contributed by atoms with Gasteiger partial charge in [-0.05, 0) is 114 Å². The van der Waals surface area contributed by atoms with Crippen LogP contribution in [0.25, 0.3) is 0 Å². The van der Waals surface area contributed by atoms with E-state index in [1.54, 1.807) is 0 Å². The molecule has 5 N–H and O–H groups in total. The third-order valence-corrected chi connectivity index (χ3v) is 8.74. The highest BCUT2D eigenvalue weighted by Gasteiger charge is 2.33. The number of hydrazine groups is 1. The molecular weight excluding hydrogens is 332 g/mol. The Hall–Kier alpha value is -0.160. The highest BCUT2D eigenvalue weighted by molar-refractivity contribution is 4.88. The Kier molecular flexibility index (Phi) is 7.13. The molecule has 0 unspecified atom stereocenters. The third kappa shape index (κ3) is 5.46. The molecule has 0 atom stereocenters. The van der Waals surface area contributed by atoms with Gasteiger partial charge in [0.05, 0.1) is 0 Å². The van der Waals surface area contributed by atoms with E-state index >= 15 is 0 Å². The standard InChI is InChI=1S/C23H44N4/c24-21-7-1-17(2-8-21)18-3-9-22(10-4-18)26-23-11-5-19(6-12-23)20-13-15-27(25)16-14-20/h17-23,26H,1-16,24-25H2. The normalized spacial score (nSPS) is 42.9. The summed E-state index contributed by atoms with van der Waals surface area (Å²) in [6.45, 7) is 2.22. The van der Waals surface area contributed by atoms with Crippen molar-refractivity contribution >= 4 is 0 Å². The fourth-order valence-corrected chi connectivity index (χ4v) is 6.86. The molecule has 0 radical (unpaired) electrons. The van der Waals surface area contributed by atoms with E-state index in [1.165, 1.54) is 89.9 Å². The van der Waals surface area contributed by atoms with E-state index in [9.17, 15) is 0 Å². The lowest BCUT2D eigenvalue weighted by Gasteiger charge is -2.41. The lowest BCUT2D eigenvalue weighted by atomic mass is 9.71. The second-order valence-corrected chi connectivity index (χ2v) is 10.4. The molecule has 1 aliphatic heterocycles. The van der Waals surface area contributed by atoms with E-state index in [0.717, 1.165) is 48.8 Å². The minimum atomic E-state index is 0.497. The van der Waals surface area contributed by atoms with Crippen LogP contribution in [0.4, 0.5) is 0 Å². The predicted molar refractivity (Wildman–Crippen MR) is 113 cm³/mol. The van der Waals surface area contributed by atoms with Crippen LogP contribution in [0.1, 0.15) is 89.9 Å². The van der Waals surface area contributed by atoms with E-state index in [-0.39, 0.29) is 0 Å². The summed E-state index contributed by atoms with van der Waals surface area (Å²) in [5.41, 5.74) is 6.10. The molecule has 4 heteroatoms. The molecule has 156 valence electrons. The van der Waals surface area contributed by atoms with Gasteiger partial charge in [-0.25, -0.2) is 5.01 Å². The van der Waals surface area contributed by atoms with Crippen LogP contribution in [0.15, 0.2) is 0 Å². The summed E-state index contributed by atoms with van der Waals surface area (Å²) in [5, 5.41) is 6.09. The van der Waals surface area contributed by atoms with Crippen LogP contribution in [-0.4, -0.2) is 36.2 Å². The van der Waals surface area contributed by atoms with Crippen molar-refractivity contribution in [1.82, 2.24) is 10.3 Å². The van der Waals surface area contributed by atoms with Gasteiger partial charge in [-0.1, -0.05) is 0 Å². The van der Waals surface area contributed by atoms with Gasteiger partial charge in [-0.15, -0.1) is 0 Å². The molecule has 1 saturated heterocycles. The molecule has 0 amide bonds. The Labute approximate surface area is 167 Å². The monoisotopic (exact) mass is 376 g/mol. The summed E-state index contributed by atoms with van der Waals surface area (Å²) in [7, 11) is 0. The summed E-state index contributed by atoms with van der Waals surface area (Å²) in [6.07, 6.45) is 19.5. The maximum absolute atomic E-state index is 6.10. The zero-order chi connectivity index (χ0) is 18.6. The van der Waals surface area contributed by atoms with Crippen LogP contribution in [0, 0.1) is 23.7 Å². The Morgan fingerprint density at radius 3 is 1.33 bits per heavy atom. The summed E-state index contributed by atoms with van der Waals surface area (Å²) < 4.78 is 0. The second kappa shape index (κ2) is 9.56. The van der Waals surface area contributed by atoms with Crippen molar-refractivity contribution in [3.8, 4) is 0 Å². The first kappa shape index (κ1) is 20.1. The number of nitrogens with two attached hydrogens (primary N) is 2. The first-order chi connectivity index (χ1) is 13.2. The Balaban J connectivity index is 1.13. The molecule has 0 spiro atoms. The van der Waals surface area contributed by atoms with Gasteiger partial charge in [-0.2, -0.15) is 0 Å². The Morgan fingerprint density at radius 1 is 0.519 bits per heavy atom. The van der Waals surface area contributed by atoms with Gasteiger partial charge in [0.1, 0.15) is 0 Å². The van der Waals surface area contributed by atoms with Crippen molar-refractivity contribution in [2.24, 2.45) is 35.2 Å².